The molecule has 0 unspecified atom stereocenters. The predicted octanol–water partition coefficient (Wildman–Crippen LogP) is 5.12. The highest BCUT2D eigenvalue weighted by molar-refractivity contribution is 6.31. The molecule has 0 radical (unpaired) electrons. The SMILES string of the molecule is Cc1cc(O[C@H](C)C(=O)Nc2ccccc2C(=O)NC2CCCCC2)ccc1Cl. The number of nitrogens with one attached hydrogen (secondary N) is 2. The molecule has 2 amide bonds. The van der Waals surface area contributed by atoms with Crippen LogP contribution in [0.25, 0.3) is 0 Å². The van der Waals surface area contributed by atoms with Crippen molar-refractivity contribution in [2.75, 3.05) is 5.32 Å². The Morgan fingerprint density at radius 3 is 2.55 bits per heavy atom. The first-order valence-electron chi connectivity index (χ1n) is 10.1. The molecule has 3 rings (SSSR count). The first-order valence-corrected chi connectivity index (χ1v) is 10.5. The number of amides is 2. The minimum atomic E-state index is -0.731. The number of carbonyl (C=O) groups is 2. The first kappa shape index (κ1) is 21.2. The fourth-order valence-corrected chi connectivity index (χ4v) is 3.60. The number of anilines is 1. The van der Waals surface area contributed by atoms with Crippen LogP contribution in [0.1, 0.15) is 54.9 Å². The third kappa shape index (κ3) is 5.73. The Morgan fingerprint density at radius 1 is 1.10 bits per heavy atom. The molecule has 29 heavy (non-hydrogen) atoms. The molecule has 1 saturated carbocycles. The number of hydrogen-bond acceptors (Lipinski definition) is 3. The van der Waals surface area contributed by atoms with E-state index in [0.29, 0.717) is 22.0 Å². The largest absolute Gasteiger partial charge is 0.481 e. The van der Waals surface area contributed by atoms with Gasteiger partial charge in [-0.05, 0) is 62.6 Å². The number of aryl methyl sites for hydroxylation is 1. The number of carbonyl (C=O) groups excluding carboxylic acids is 2. The molecule has 2 aromatic rings. The van der Waals surface area contributed by atoms with E-state index in [-0.39, 0.29) is 17.9 Å². The van der Waals surface area contributed by atoms with E-state index in [4.69, 9.17) is 16.3 Å². The third-order valence-corrected chi connectivity index (χ3v) is 5.61. The third-order valence-electron chi connectivity index (χ3n) is 5.18. The highest BCUT2D eigenvalue weighted by Gasteiger charge is 2.21. The van der Waals surface area contributed by atoms with Gasteiger partial charge in [0.05, 0.1) is 11.3 Å². The van der Waals surface area contributed by atoms with E-state index in [1.807, 2.05) is 6.92 Å². The minimum Gasteiger partial charge on any atom is -0.481 e. The van der Waals surface area contributed by atoms with Crippen molar-refractivity contribution < 1.29 is 14.3 Å². The molecule has 0 spiro atoms. The quantitative estimate of drug-likeness (QED) is 0.689. The van der Waals surface area contributed by atoms with Crippen molar-refractivity contribution in [1.29, 1.82) is 0 Å². The van der Waals surface area contributed by atoms with Gasteiger partial charge in [-0.15, -0.1) is 0 Å². The Balaban J connectivity index is 1.65. The van der Waals surface area contributed by atoms with Gasteiger partial charge in [0, 0.05) is 11.1 Å². The number of ether oxygens (including phenoxy) is 1. The predicted molar refractivity (Wildman–Crippen MR) is 116 cm³/mol. The van der Waals surface area contributed by atoms with Crippen LogP contribution in [0.15, 0.2) is 42.5 Å². The Bertz CT molecular complexity index is 878. The van der Waals surface area contributed by atoms with E-state index in [1.165, 1.54) is 6.42 Å². The normalized spacial score (nSPS) is 15.4. The van der Waals surface area contributed by atoms with Gasteiger partial charge in [0.2, 0.25) is 0 Å². The van der Waals surface area contributed by atoms with Gasteiger partial charge in [-0.2, -0.15) is 0 Å². The molecule has 1 atom stereocenters. The van der Waals surface area contributed by atoms with Crippen molar-refractivity contribution >= 4 is 29.1 Å². The summed E-state index contributed by atoms with van der Waals surface area (Å²) < 4.78 is 5.73. The second-order valence-corrected chi connectivity index (χ2v) is 7.92. The van der Waals surface area contributed by atoms with E-state index < -0.39 is 6.10 Å². The molecule has 5 nitrogen and oxygen atoms in total. The van der Waals surface area contributed by atoms with Gasteiger partial charge in [-0.25, -0.2) is 0 Å². The lowest BCUT2D eigenvalue weighted by Gasteiger charge is -2.23. The number of hydrogen-bond donors (Lipinski definition) is 2. The summed E-state index contributed by atoms with van der Waals surface area (Å²) in [5, 5.41) is 6.56. The van der Waals surface area contributed by atoms with Crippen molar-refractivity contribution in [3.8, 4) is 5.75 Å². The lowest BCUT2D eigenvalue weighted by molar-refractivity contribution is -0.122. The maximum atomic E-state index is 12.7. The van der Waals surface area contributed by atoms with Crippen LogP contribution in [-0.4, -0.2) is 24.0 Å². The summed E-state index contributed by atoms with van der Waals surface area (Å²) in [7, 11) is 0. The van der Waals surface area contributed by atoms with Crippen LogP contribution in [0.3, 0.4) is 0 Å². The van der Waals surface area contributed by atoms with Crippen LogP contribution < -0.4 is 15.4 Å². The molecular formula is C23H27ClN2O3. The lowest BCUT2D eigenvalue weighted by Crippen LogP contribution is -2.37. The van der Waals surface area contributed by atoms with Crippen LogP contribution in [0.2, 0.25) is 5.02 Å². The Morgan fingerprint density at radius 2 is 1.83 bits per heavy atom. The van der Waals surface area contributed by atoms with Gasteiger partial charge in [0.1, 0.15) is 5.75 Å². The zero-order chi connectivity index (χ0) is 20.8. The molecule has 1 aliphatic carbocycles. The maximum absolute atomic E-state index is 12.7. The maximum Gasteiger partial charge on any atom is 0.265 e. The highest BCUT2D eigenvalue weighted by atomic mass is 35.5. The molecule has 0 heterocycles. The zero-order valence-electron chi connectivity index (χ0n) is 16.8. The van der Waals surface area contributed by atoms with Gasteiger partial charge in [-0.1, -0.05) is 43.0 Å². The van der Waals surface area contributed by atoms with Crippen LogP contribution in [-0.2, 0) is 4.79 Å². The molecule has 0 aromatic heterocycles. The Labute approximate surface area is 176 Å². The molecule has 0 aliphatic heterocycles. The monoisotopic (exact) mass is 414 g/mol. The van der Waals surface area contributed by atoms with Gasteiger partial charge in [0.15, 0.2) is 6.10 Å². The summed E-state index contributed by atoms with van der Waals surface area (Å²) in [4.78, 5) is 25.4. The van der Waals surface area contributed by atoms with Gasteiger partial charge in [0.25, 0.3) is 11.8 Å². The number of para-hydroxylation sites is 1. The average Bonchev–Trinajstić information content (AvgIpc) is 2.71. The molecule has 2 aromatic carbocycles. The van der Waals surface area contributed by atoms with E-state index in [1.54, 1.807) is 49.4 Å². The van der Waals surface area contributed by atoms with Crippen LogP contribution >= 0.6 is 11.6 Å². The topological polar surface area (TPSA) is 67.4 Å². The number of rotatable bonds is 6. The Hall–Kier alpha value is -2.53. The molecule has 154 valence electrons. The molecule has 1 aliphatic rings. The number of halogens is 1. The second kappa shape index (κ2) is 9.79. The lowest BCUT2D eigenvalue weighted by atomic mass is 9.95. The van der Waals surface area contributed by atoms with Crippen LogP contribution in [0.4, 0.5) is 5.69 Å². The fraction of sp³-hybridized carbons (Fsp3) is 0.391. The van der Waals surface area contributed by atoms with Crippen molar-refractivity contribution in [1.82, 2.24) is 5.32 Å². The van der Waals surface area contributed by atoms with Gasteiger partial charge >= 0.3 is 0 Å². The molecule has 0 bridgehead atoms. The highest BCUT2D eigenvalue weighted by Crippen LogP contribution is 2.23. The van der Waals surface area contributed by atoms with Crippen molar-refractivity contribution in [2.24, 2.45) is 0 Å². The van der Waals surface area contributed by atoms with E-state index in [0.717, 1.165) is 31.2 Å². The van der Waals surface area contributed by atoms with Gasteiger partial charge in [-0.3, -0.25) is 9.59 Å². The number of benzene rings is 2. The summed E-state index contributed by atoms with van der Waals surface area (Å²) in [6.45, 7) is 3.55. The first-order chi connectivity index (χ1) is 13.9. The molecule has 0 saturated heterocycles. The summed E-state index contributed by atoms with van der Waals surface area (Å²) >= 11 is 6.03. The van der Waals surface area contributed by atoms with Crippen LogP contribution in [0, 0.1) is 6.92 Å². The second-order valence-electron chi connectivity index (χ2n) is 7.51. The summed E-state index contributed by atoms with van der Waals surface area (Å²) in [5.74, 6) is 0.0862. The molecule has 1 fully saturated rings. The van der Waals surface area contributed by atoms with Crippen molar-refractivity contribution in [3.05, 3.63) is 58.6 Å². The van der Waals surface area contributed by atoms with Crippen molar-refractivity contribution in [2.45, 2.75) is 58.1 Å². The molecular weight excluding hydrogens is 388 g/mol. The van der Waals surface area contributed by atoms with Gasteiger partial charge < -0.3 is 15.4 Å². The smallest absolute Gasteiger partial charge is 0.265 e. The average molecular weight is 415 g/mol. The van der Waals surface area contributed by atoms with Crippen molar-refractivity contribution in [3.63, 3.8) is 0 Å². The van der Waals surface area contributed by atoms with Crippen LogP contribution in [0.5, 0.6) is 5.75 Å². The Kier molecular flexibility index (Phi) is 7.15. The summed E-state index contributed by atoms with van der Waals surface area (Å²) in [5.41, 5.74) is 1.82. The fourth-order valence-electron chi connectivity index (χ4n) is 3.48. The minimum absolute atomic E-state index is 0.158. The molecule has 2 N–H and O–H groups in total. The van der Waals surface area contributed by atoms with E-state index in [9.17, 15) is 9.59 Å². The van der Waals surface area contributed by atoms with E-state index in [2.05, 4.69) is 10.6 Å². The van der Waals surface area contributed by atoms with E-state index >= 15 is 0 Å². The summed E-state index contributed by atoms with van der Waals surface area (Å²) in [6, 6.07) is 12.5. The summed E-state index contributed by atoms with van der Waals surface area (Å²) in [6.07, 6.45) is 4.79. The standard InChI is InChI=1S/C23H27ClN2O3/c1-15-14-18(12-13-20(15)24)29-16(2)22(27)26-21-11-7-6-10-19(21)23(28)25-17-8-4-3-5-9-17/h6-7,10-14,16-17H,3-5,8-9H2,1-2H3,(H,25,28)(H,26,27)/t16-/m1/s1. The zero-order valence-corrected chi connectivity index (χ0v) is 17.6. The molecule has 6 heteroatoms.